The normalized spacial score (nSPS) is 23.0. The molecule has 0 radical (unpaired) electrons. The van der Waals surface area contributed by atoms with E-state index in [4.69, 9.17) is 0 Å². The molecule has 2 aliphatic heterocycles. The number of sulfone groups is 1. The van der Waals surface area contributed by atoms with Gasteiger partial charge in [-0.05, 0) is 60.2 Å². The van der Waals surface area contributed by atoms with Crippen molar-refractivity contribution in [2.45, 2.75) is 57.0 Å². The third-order valence-corrected chi connectivity index (χ3v) is 9.37. The minimum absolute atomic E-state index is 0.0529. The second-order valence-electron chi connectivity index (χ2n) is 9.00. The van der Waals surface area contributed by atoms with Gasteiger partial charge in [0.15, 0.2) is 9.84 Å². The van der Waals surface area contributed by atoms with Crippen LogP contribution in [0.3, 0.4) is 0 Å². The molecule has 0 saturated carbocycles. The Kier molecular flexibility index (Phi) is 6.09. The third kappa shape index (κ3) is 4.75. The molecule has 2 aromatic rings. The molecule has 5 rings (SSSR count). The lowest BCUT2D eigenvalue weighted by Crippen LogP contribution is -2.44. The molecule has 1 aromatic heterocycles. The smallest absolute Gasteiger partial charge is 0.268 e. The van der Waals surface area contributed by atoms with Crippen LogP contribution < -0.4 is 5.32 Å². The summed E-state index contributed by atoms with van der Waals surface area (Å²) in [4.78, 5) is 26.7. The Bertz CT molecular complexity index is 1200. The predicted molar refractivity (Wildman–Crippen MR) is 128 cm³/mol. The van der Waals surface area contributed by atoms with Gasteiger partial charge in [-0.3, -0.25) is 9.59 Å². The first-order valence-corrected chi connectivity index (χ1v) is 14.2. The maximum atomic E-state index is 13.3. The highest BCUT2D eigenvalue weighted by atomic mass is 32.2. The first-order valence-electron chi connectivity index (χ1n) is 11.5. The Morgan fingerprint density at radius 1 is 1.12 bits per heavy atom. The average molecular weight is 486 g/mol. The van der Waals surface area contributed by atoms with Crippen LogP contribution >= 0.6 is 11.3 Å². The van der Waals surface area contributed by atoms with E-state index >= 15 is 0 Å². The van der Waals surface area contributed by atoms with E-state index < -0.39 is 15.9 Å². The summed E-state index contributed by atoms with van der Waals surface area (Å²) >= 11 is 1.59. The summed E-state index contributed by atoms with van der Waals surface area (Å²) in [6.07, 6.45) is 5.33. The van der Waals surface area contributed by atoms with Gasteiger partial charge in [0.05, 0.1) is 23.6 Å². The molecule has 3 heterocycles. The highest BCUT2D eigenvalue weighted by Crippen LogP contribution is 2.30. The number of benzene rings is 1. The lowest BCUT2D eigenvalue weighted by atomic mass is 9.89. The van der Waals surface area contributed by atoms with Crippen LogP contribution in [0, 0.1) is 0 Å². The second-order valence-corrected chi connectivity index (χ2v) is 12.2. The first-order chi connectivity index (χ1) is 15.9. The summed E-state index contributed by atoms with van der Waals surface area (Å²) in [5.74, 6) is -0.580. The molecule has 3 aliphatic rings. The van der Waals surface area contributed by atoms with Crippen LogP contribution in [0.1, 0.15) is 59.7 Å². The van der Waals surface area contributed by atoms with Crippen molar-refractivity contribution in [2.75, 3.05) is 11.5 Å². The molecular weight excluding hydrogens is 458 g/mol. The van der Waals surface area contributed by atoms with E-state index in [0.29, 0.717) is 6.42 Å². The van der Waals surface area contributed by atoms with E-state index in [1.807, 2.05) is 17.5 Å². The molecule has 2 atom stereocenters. The maximum absolute atomic E-state index is 13.3. The summed E-state index contributed by atoms with van der Waals surface area (Å²) in [6.45, 7) is 0. The molecule has 0 unspecified atom stereocenters. The summed E-state index contributed by atoms with van der Waals surface area (Å²) in [5, 5.41) is 10.7. The highest BCUT2D eigenvalue weighted by molar-refractivity contribution is 7.91. The topological polar surface area (TPSA) is 95.9 Å². The Morgan fingerprint density at radius 2 is 1.94 bits per heavy atom. The van der Waals surface area contributed by atoms with Crippen molar-refractivity contribution in [1.29, 1.82) is 0 Å². The maximum Gasteiger partial charge on any atom is 0.268 e. The lowest BCUT2D eigenvalue weighted by Gasteiger charge is -2.28. The summed E-state index contributed by atoms with van der Waals surface area (Å²) in [5.41, 5.74) is 4.05. The number of carbonyl (C=O) groups excluding carboxylic acids is 2. The van der Waals surface area contributed by atoms with Gasteiger partial charge in [0.2, 0.25) is 5.91 Å². The number of rotatable bonds is 5. The number of hydrazone groups is 1. The van der Waals surface area contributed by atoms with Crippen molar-refractivity contribution in [3.05, 3.63) is 57.3 Å². The number of hydrogen-bond acceptors (Lipinski definition) is 6. The van der Waals surface area contributed by atoms with Crippen molar-refractivity contribution in [3.8, 4) is 0 Å². The summed E-state index contributed by atoms with van der Waals surface area (Å²) in [6, 6.07) is 9.67. The van der Waals surface area contributed by atoms with Crippen LogP contribution in [0.4, 0.5) is 0 Å². The summed E-state index contributed by atoms with van der Waals surface area (Å²) < 4.78 is 23.8. The number of nitrogens with one attached hydrogen (secondary N) is 1. The zero-order chi connectivity index (χ0) is 23.0. The van der Waals surface area contributed by atoms with Crippen LogP contribution in [-0.4, -0.2) is 48.5 Å². The molecule has 1 N–H and O–H groups in total. The van der Waals surface area contributed by atoms with Gasteiger partial charge in [0, 0.05) is 17.7 Å². The van der Waals surface area contributed by atoms with Crippen molar-refractivity contribution in [1.82, 2.24) is 10.3 Å². The third-order valence-electron chi connectivity index (χ3n) is 6.69. The molecule has 0 bridgehead atoms. The number of amides is 2. The van der Waals surface area contributed by atoms with Crippen molar-refractivity contribution in [3.63, 3.8) is 0 Å². The van der Waals surface area contributed by atoms with Crippen molar-refractivity contribution >= 4 is 38.7 Å². The number of nitrogens with zero attached hydrogens (tertiary/aromatic N) is 2. The van der Waals surface area contributed by atoms with Crippen LogP contribution in [0.2, 0.25) is 0 Å². The molecule has 9 heteroatoms. The standard InChI is InChI=1S/C24H27N3O4S2/c28-22-10-9-20(26-27(22)19-11-13-33(30,31)15-19)24(29)25-23(21-6-3-12-32-21)18-8-7-16-4-1-2-5-17(16)14-18/h3,6-8,12,14,19,23H,1-2,4-5,9-11,13,15H2,(H,25,29)/t19-,23+/m1/s1. The van der Waals surface area contributed by atoms with E-state index in [1.165, 1.54) is 29.0 Å². The van der Waals surface area contributed by atoms with E-state index in [1.54, 1.807) is 11.3 Å². The number of fused-ring (bicyclic) bond motifs is 1. The minimum Gasteiger partial charge on any atom is -0.339 e. The lowest BCUT2D eigenvalue weighted by molar-refractivity contribution is -0.133. The fraction of sp³-hybridized carbons (Fsp3) is 0.458. The van der Waals surface area contributed by atoms with Gasteiger partial charge < -0.3 is 5.32 Å². The Hall–Kier alpha value is -2.52. The second kappa shape index (κ2) is 9.02. The fourth-order valence-corrected chi connectivity index (χ4v) is 7.40. The fourth-order valence-electron chi connectivity index (χ4n) is 4.91. The average Bonchev–Trinajstić information content (AvgIpc) is 3.47. The van der Waals surface area contributed by atoms with Crippen LogP contribution in [0.25, 0.3) is 0 Å². The number of aryl methyl sites for hydroxylation is 2. The molecule has 1 aromatic carbocycles. The van der Waals surface area contributed by atoms with Gasteiger partial charge >= 0.3 is 0 Å². The molecule has 0 spiro atoms. The van der Waals surface area contributed by atoms with Crippen LogP contribution in [0.5, 0.6) is 0 Å². The molecule has 174 valence electrons. The minimum atomic E-state index is -3.16. The van der Waals surface area contributed by atoms with Crippen LogP contribution in [-0.2, 0) is 32.3 Å². The van der Waals surface area contributed by atoms with E-state index in [-0.39, 0.29) is 47.9 Å². The molecule has 7 nitrogen and oxygen atoms in total. The molecular formula is C24H27N3O4S2. The number of carbonyl (C=O) groups is 2. The Morgan fingerprint density at radius 3 is 2.67 bits per heavy atom. The number of thiophene rings is 1. The van der Waals surface area contributed by atoms with Gasteiger partial charge in [-0.15, -0.1) is 11.3 Å². The molecule has 33 heavy (non-hydrogen) atoms. The molecule has 1 fully saturated rings. The predicted octanol–water partition coefficient (Wildman–Crippen LogP) is 3.00. The zero-order valence-electron chi connectivity index (χ0n) is 18.3. The SMILES string of the molecule is O=C(N[C@@H](c1ccc2c(c1)CCCC2)c1cccs1)C1=NN([C@@H]2CCS(=O)(=O)C2)C(=O)CC1. The number of hydrogen-bond donors (Lipinski definition) is 1. The first kappa shape index (κ1) is 22.3. The van der Waals surface area contributed by atoms with Gasteiger partial charge in [0.1, 0.15) is 5.71 Å². The summed E-state index contributed by atoms with van der Waals surface area (Å²) in [7, 11) is -3.16. The largest absolute Gasteiger partial charge is 0.339 e. The van der Waals surface area contributed by atoms with Gasteiger partial charge in [-0.2, -0.15) is 5.10 Å². The van der Waals surface area contributed by atoms with E-state index in [0.717, 1.165) is 23.3 Å². The molecule has 1 aliphatic carbocycles. The Balaban J connectivity index is 1.40. The Labute approximate surface area is 197 Å². The van der Waals surface area contributed by atoms with E-state index in [9.17, 15) is 18.0 Å². The van der Waals surface area contributed by atoms with Gasteiger partial charge in [-0.1, -0.05) is 24.3 Å². The highest BCUT2D eigenvalue weighted by Gasteiger charge is 2.37. The molecule has 2 amide bonds. The van der Waals surface area contributed by atoms with Crippen LogP contribution in [0.15, 0.2) is 40.8 Å². The van der Waals surface area contributed by atoms with Gasteiger partial charge in [0.25, 0.3) is 5.91 Å². The van der Waals surface area contributed by atoms with Gasteiger partial charge in [-0.25, -0.2) is 13.4 Å². The quantitative estimate of drug-likeness (QED) is 0.704. The molecule has 1 saturated heterocycles. The zero-order valence-corrected chi connectivity index (χ0v) is 20.0. The van der Waals surface area contributed by atoms with Crippen molar-refractivity contribution in [2.24, 2.45) is 5.10 Å². The van der Waals surface area contributed by atoms with E-state index in [2.05, 4.69) is 28.6 Å². The van der Waals surface area contributed by atoms with Crippen molar-refractivity contribution < 1.29 is 18.0 Å². The monoisotopic (exact) mass is 485 g/mol.